The molecule has 0 saturated carbocycles. The zero-order chi connectivity index (χ0) is 40.7. The van der Waals surface area contributed by atoms with Crippen LogP contribution in [-0.4, -0.2) is 59.9 Å². The number of carbonyl (C=O) groups is 3. The molecule has 0 bridgehead atoms. The van der Waals surface area contributed by atoms with Crippen LogP contribution in [0.15, 0.2) is 36.5 Å². The molecule has 0 aromatic heterocycles. The molecule has 0 fully saturated rings. The third kappa shape index (κ3) is 38.4. The average molecular weight is 800 g/mol. The molecule has 3 atom stereocenters. The quantitative estimate of drug-likeness (QED) is 0.0233. The minimum Gasteiger partial charge on any atom is -0.480 e. The Hall–Kier alpha value is -2.30. The van der Waals surface area contributed by atoms with Gasteiger partial charge in [0, 0.05) is 12.8 Å². The van der Waals surface area contributed by atoms with Crippen LogP contribution in [0.5, 0.6) is 0 Å². The summed E-state index contributed by atoms with van der Waals surface area (Å²) in [5.74, 6) is -2.47. The van der Waals surface area contributed by atoms with Gasteiger partial charge >= 0.3 is 25.7 Å². The summed E-state index contributed by atoms with van der Waals surface area (Å²) >= 11 is 0. The second-order valence-electron chi connectivity index (χ2n) is 14.5. The molecule has 4 N–H and O–H groups in total. The number of hydrogen-bond acceptors (Lipinski definition) is 9. The molecule has 0 radical (unpaired) electrons. The normalized spacial score (nSPS) is 14.1. The highest BCUT2D eigenvalue weighted by atomic mass is 31.2. The van der Waals surface area contributed by atoms with Crippen LogP contribution in [0, 0.1) is 0 Å². The van der Waals surface area contributed by atoms with Crippen molar-refractivity contribution in [2.24, 2.45) is 5.73 Å². The molecule has 0 aliphatic carbocycles. The minimum absolute atomic E-state index is 0.0538. The number of nitrogens with two attached hydrogens (primary N) is 1. The molecule has 12 heteroatoms. The second-order valence-corrected chi connectivity index (χ2v) is 15.9. The summed E-state index contributed by atoms with van der Waals surface area (Å²) in [6, 6.07) is -1.53. The summed E-state index contributed by atoms with van der Waals surface area (Å²) < 4.78 is 32.6. The van der Waals surface area contributed by atoms with Gasteiger partial charge in [-0.1, -0.05) is 153 Å². The molecule has 0 amide bonds. The van der Waals surface area contributed by atoms with Crippen molar-refractivity contribution in [3.63, 3.8) is 0 Å². The van der Waals surface area contributed by atoms with Gasteiger partial charge in [-0.3, -0.25) is 23.4 Å². The number of phosphoric ester groups is 1. The topological polar surface area (TPSA) is 172 Å². The van der Waals surface area contributed by atoms with Gasteiger partial charge in [0.2, 0.25) is 0 Å². The van der Waals surface area contributed by atoms with Crippen molar-refractivity contribution in [3.8, 4) is 0 Å². The molecule has 0 spiro atoms. The van der Waals surface area contributed by atoms with Gasteiger partial charge < -0.3 is 25.2 Å². The lowest BCUT2D eigenvalue weighted by Gasteiger charge is -2.20. The van der Waals surface area contributed by atoms with Crippen LogP contribution in [0.4, 0.5) is 0 Å². The van der Waals surface area contributed by atoms with Gasteiger partial charge in [0.1, 0.15) is 12.6 Å². The largest absolute Gasteiger partial charge is 0.480 e. The Morgan fingerprint density at radius 1 is 0.564 bits per heavy atom. The molecule has 0 aliphatic heterocycles. The fraction of sp³-hybridized carbons (Fsp3) is 0.791. The second kappa shape index (κ2) is 38.6. The minimum atomic E-state index is -4.73. The van der Waals surface area contributed by atoms with Crippen LogP contribution in [0.25, 0.3) is 0 Å². The first-order valence-electron chi connectivity index (χ1n) is 21.5. The molecular formula is C43H78NO10P. The third-order valence-electron chi connectivity index (χ3n) is 9.12. The van der Waals surface area contributed by atoms with Crippen LogP contribution in [0.1, 0.15) is 187 Å². The smallest absolute Gasteiger partial charge is 0.472 e. The van der Waals surface area contributed by atoms with Gasteiger partial charge in [-0.2, -0.15) is 0 Å². The van der Waals surface area contributed by atoms with Crippen molar-refractivity contribution < 1.29 is 47.5 Å². The Morgan fingerprint density at radius 3 is 1.51 bits per heavy atom. The predicted molar refractivity (Wildman–Crippen MR) is 222 cm³/mol. The molecule has 320 valence electrons. The van der Waals surface area contributed by atoms with Gasteiger partial charge in [-0.25, -0.2) is 4.57 Å². The Morgan fingerprint density at radius 2 is 1.00 bits per heavy atom. The monoisotopic (exact) mass is 800 g/mol. The van der Waals surface area contributed by atoms with Crippen molar-refractivity contribution in [3.05, 3.63) is 36.5 Å². The summed E-state index contributed by atoms with van der Waals surface area (Å²) in [4.78, 5) is 45.8. The number of unbranched alkanes of at least 4 members (excludes halogenated alkanes) is 20. The Kier molecular flexibility index (Phi) is 37.0. The van der Waals surface area contributed by atoms with Crippen molar-refractivity contribution >= 4 is 25.7 Å². The zero-order valence-corrected chi connectivity index (χ0v) is 35.4. The highest BCUT2D eigenvalue weighted by molar-refractivity contribution is 7.47. The SMILES string of the molecule is CCCCCCCC/C=C/C/C=C/CCC(=O)OC(COC(=O)CCCCCCC/C=C/CCCCCCCCCCC)COP(=O)(O)OC[C@@H](N)C(=O)O. The number of hydrogen-bond donors (Lipinski definition) is 3. The first-order chi connectivity index (χ1) is 26.6. The van der Waals surface area contributed by atoms with Gasteiger partial charge in [-0.15, -0.1) is 0 Å². The molecular weight excluding hydrogens is 721 g/mol. The number of carboxylic acid groups (broad SMARTS) is 1. The lowest BCUT2D eigenvalue weighted by atomic mass is 10.1. The van der Waals surface area contributed by atoms with E-state index in [1.807, 2.05) is 12.2 Å². The Balaban J connectivity index is 4.41. The standard InChI is InChI=1S/C43H78NO10P/c1-3-5-7-9-11-13-15-17-18-19-20-21-23-24-26-28-30-32-34-41(45)51-36-39(37-52-55(49,50)53-38-40(44)43(47)48)54-42(46)35-33-31-29-27-25-22-16-14-12-10-8-6-4-2/h20-22,25,29,31,39-40H,3-19,23-24,26-28,30,32-38,44H2,1-2H3,(H,47,48)(H,49,50)/b21-20+,25-22+,31-29+/t39?,40-/m1/s1. The maximum absolute atomic E-state index is 12.6. The van der Waals surface area contributed by atoms with Crippen LogP contribution < -0.4 is 5.73 Å². The van der Waals surface area contributed by atoms with Crippen molar-refractivity contribution in [1.82, 2.24) is 0 Å². The number of ether oxygens (including phenoxy) is 2. The lowest BCUT2D eigenvalue weighted by Crippen LogP contribution is -2.34. The molecule has 0 aromatic rings. The summed E-state index contributed by atoms with van der Waals surface area (Å²) in [6.45, 7) is 2.73. The number of allylic oxidation sites excluding steroid dienone is 6. The third-order valence-corrected chi connectivity index (χ3v) is 10.1. The number of rotatable bonds is 40. The number of esters is 2. The predicted octanol–water partition coefficient (Wildman–Crippen LogP) is 11.2. The van der Waals surface area contributed by atoms with Gasteiger partial charge in [0.05, 0.1) is 13.2 Å². The molecule has 11 nitrogen and oxygen atoms in total. The molecule has 0 heterocycles. The maximum atomic E-state index is 12.6. The highest BCUT2D eigenvalue weighted by Crippen LogP contribution is 2.43. The van der Waals surface area contributed by atoms with Crippen LogP contribution in [-0.2, 0) is 37.5 Å². The molecule has 0 aliphatic rings. The number of phosphoric acid groups is 1. The number of carbonyl (C=O) groups excluding carboxylic acids is 2. The number of carboxylic acids is 1. The summed E-state index contributed by atoms with van der Waals surface area (Å²) in [6.07, 6.45) is 40.9. The van der Waals surface area contributed by atoms with Gasteiger partial charge in [-0.05, 0) is 57.8 Å². The van der Waals surface area contributed by atoms with Crippen LogP contribution in [0.2, 0.25) is 0 Å². The van der Waals surface area contributed by atoms with Gasteiger partial charge in [0.15, 0.2) is 6.10 Å². The van der Waals surface area contributed by atoms with E-state index in [0.29, 0.717) is 12.8 Å². The van der Waals surface area contributed by atoms with E-state index in [2.05, 4.69) is 42.7 Å². The highest BCUT2D eigenvalue weighted by Gasteiger charge is 2.28. The fourth-order valence-electron chi connectivity index (χ4n) is 5.70. The first kappa shape index (κ1) is 52.7. The maximum Gasteiger partial charge on any atom is 0.472 e. The van der Waals surface area contributed by atoms with E-state index in [1.165, 1.54) is 96.3 Å². The molecule has 0 rings (SSSR count). The van der Waals surface area contributed by atoms with E-state index < -0.39 is 51.1 Å². The molecule has 55 heavy (non-hydrogen) atoms. The first-order valence-corrected chi connectivity index (χ1v) is 23.0. The Labute approximate surface area is 333 Å². The van der Waals surface area contributed by atoms with Crippen molar-refractivity contribution in [1.29, 1.82) is 0 Å². The van der Waals surface area contributed by atoms with Crippen molar-refractivity contribution in [2.45, 2.75) is 199 Å². The Bertz CT molecular complexity index is 1080. The van der Waals surface area contributed by atoms with Crippen molar-refractivity contribution in [2.75, 3.05) is 19.8 Å². The zero-order valence-electron chi connectivity index (χ0n) is 34.5. The van der Waals surface area contributed by atoms with E-state index in [9.17, 15) is 23.8 Å². The van der Waals surface area contributed by atoms with Crippen LogP contribution in [0.3, 0.4) is 0 Å². The van der Waals surface area contributed by atoms with Gasteiger partial charge in [0.25, 0.3) is 0 Å². The van der Waals surface area contributed by atoms with Crippen LogP contribution >= 0.6 is 7.82 Å². The molecule has 0 saturated heterocycles. The fourth-order valence-corrected chi connectivity index (χ4v) is 6.48. The van der Waals surface area contributed by atoms with E-state index in [4.69, 9.17) is 24.8 Å². The summed E-state index contributed by atoms with van der Waals surface area (Å²) in [5, 5.41) is 8.87. The van der Waals surface area contributed by atoms with E-state index in [-0.39, 0.29) is 19.4 Å². The summed E-state index contributed by atoms with van der Waals surface area (Å²) in [7, 11) is -4.73. The number of aliphatic carboxylic acids is 1. The summed E-state index contributed by atoms with van der Waals surface area (Å²) in [5.41, 5.74) is 5.32. The average Bonchev–Trinajstić information content (AvgIpc) is 3.16. The lowest BCUT2D eigenvalue weighted by molar-refractivity contribution is -0.161. The van der Waals surface area contributed by atoms with E-state index >= 15 is 0 Å². The van der Waals surface area contributed by atoms with E-state index in [1.54, 1.807) is 0 Å². The molecule has 0 aromatic carbocycles. The van der Waals surface area contributed by atoms with E-state index in [0.717, 1.165) is 51.4 Å². The molecule has 2 unspecified atom stereocenters.